The number of likely N-dealkylation sites (tertiary alicyclic amines) is 1. The highest BCUT2D eigenvalue weighted by Crippen LogP contribution is 2.45. The number of hydrogen-bond acceptors (Lipinski definition) is 3. The van der Waals surface area contributed by atoms with E-state index in [-0.39, 0.29) is 0 Å². The molecule has 1 saturated heterocycles. The van der Waals surface area contributed by atoms with Crippen molar-refractivity contribution in [1.29, 1.82) is 0 Å². The molecule has 0 aromatic heterocycles. The van der Waals surface area contributed by atoms with Crippen LogP contribution in [-0.2, 0) is 0 Å². The second-order valence-corrected chi connectivity index (χ2v) is 6.64. The van der Waals surface area contributed by atoms with Crippen molar-refractivity contribution in [2.75, 3.05) is 13.1 Å². The maximum atomic E-state index is 9.28. The minimum atomic E-state index is 0.462. The zero-order valence-electron chi connectivity index (χ0n) is 11.0. The van der Waals surface area contributed by atoms with Crippen molar-refractivity contribution in [3.8, 4) is 0 Å². The van der Waals surface area contributed by atoms with E-state index in [0.717, 1.165) is 23.5 Å². The highest BCUT2D eigenvalue weighted by molar-refractivity contribution is 5.94. The van der Waals surface area contributed by atoms with E-state index >= 15 is 0 Å². The minimum absolute atomic E-state index is 0.462. The first-order valence-corrected chi connectivity index (χ1v) is 7.15. The zero-order chi connectivity index (χ0) is 12.0. The average molecular weight is 236 g/mol. The molecule has 1 aliphatic heterocycles. The van der Waals surface area contributed by atoms with Crippen LogP contribution in [0, 0.1) is 23.7 Å². The fourth-order valence-electron chi connectivity index (χ4n) is 4.62. The van der Waals surface area contributed by atoms with Crippen LogP contribution in [0.25, 0.3) is 0 Å². The Kier molecular flexibility index (Phi) is 2.89. The van der Waals surface area contributed by atoms with Crippen LogP contribution in [0.5, 0.6) is 0 Å². The molecule has 3 nitrogen and oxygen atoms in total. The summed E-state index contributed by atoms with van der Waals surface area (Å²) in [6.07, 6.45) is 5.21. The molecule has 0 radical (unpaired) electrons. The Morgan fingerprint density at radius 2 is 1.82 bits per heavy atom. The molecule has 2 saturated carbocycles. The molecule has 0 aromatic carbocycles. The molecule has 0 unspecified atom stereocenters. The molecular formula is C14H24N2O. The van der Waals surface area contributed by atoms with Gasteiger partial charge in [-0.05, 0) is 43.4 Å². The fraction of sp³-hybridized carbons (Fsp3) is 0.929. The van der Waals surface area contributed by atoms with Gasteiger partial charge in [-0.25, -0.2) is 0 Å². The Hall–Kier alpha value is -0.570. The van der Waals surface area contributed by atoms with Crippen LogP contribution in [-0.4, -0.2) is 35.0 Å². The Morgan fingerprint density at radius 1 is 1.12 bits per heavy atom. The summed E-state index contributed by atoms with van der Waals surface area (Å²) in [7, 11) is 0. The summed E-state index contributed by atoms with van der Waals surface area (Å²) in [4.78, 5) is 2.61. The van der Waals surface area contributed by atoms with Gasteiger partial charge in [0.1, 0.15) is 0 Å². The van der Waals surface area contributed by atoms with E-state index in [4.69, 9.17) is 0 Å². The first kappa shape index (κ1) is 11.5. The van der Waals surface area contributed by atoms with Gasteiger partial charge in [-0.3, -0.25) is 4.90 Å². The standard InChI is InChI=1S/C14H24N2O/c1-9-5-10(2)8-16(7-9)14-12-4-3-11(6-12)13(14)15-17/h9-12,14,17H,3-8H2,1-2H3/b15-13-/t9-,10-,11+,12+,14+/m1/s1. The summed E-state index contributed by atoms with van der Waals surface area (Å²) in [5, 5.41) is 12.9. The number of nitrogens with zero attached hydrogens (tertiary/aromatic N) is 2. The molecule has 3 rings (SSSR count). The molecule has 3 fully saturated rings. The Morgan fingerprint density at radius 3 is 2.47 bits per heavy atom. The van der Waals surface area contributed by atoms with Crippen molar-refractivity contribution in [2.24, 2.45) is 28.8 Å². The van der Waals surface area contributed by atoms with E-state index in [1.807, 2.05) is 0 Å². The minimum Gasteiger partial charge on any atom is -0.411 e. The first-order chi connectivity index (χ1) is 8.19. The van der Waals surface area contributed by atoms with E-state index in [1.165, 1.54) is 38.8 Å². The van der Waals surface area contributed by atoms with Crippen LogP contribution >= 0.6 is 0 Å². The van der Waals surface area contributed by atoms with Crippen LogP contribution in [0.3, 0.4) is 0 Å². The Bertz CT molecular complexity index is 318. The largest absolute Gasteiger partial charge is 0.411 e. The Labute approximate surface area is 104 Å². The maximum absolute atomic E-state index is 9.28. The summed E-state index contributed by atoms with van der Waals surface area (Å²) in [6.45, 7) is 7.09. The normalized spacial score (nSPS) is 49.1. The van der Waals surface area contributed by atoms with Gasteiger partial charge < -0.3 is 5.21 Å². The number of oxime groups is 1. The summed E-state index contributed by atoms with van der Waals surface area (Å²) in [5.41, 5.74) is 1.10. The topological polar surface area (TPSA) is 35.8 Å². The lowest BCUT2D eigenvalue weighted by molar-refractivity contribution is 0.0987. The van der Waals surface area contributed by atoms with Gasteiger partial charge in [-0.2, -0.15) is 0 Å². The lowest BCUT2D eigenvalue weighted by Gasteiger charge is -2.41. The van der Waals surface area contributed by atoms with Crippen LogP contribution in [0.1, 0.15) is 39.5 Å². The molecule has 3 aliphatic rings. The van der Waals surface area contributed by atoms with Gasteiger partial charge in [0.15, 0.2) is 0 Å². The predicted octanol–water partition coefficient (Wildman–Crippen LogP) is 2.59. The predicted molar refractivity (Wildman–Crippen MR) is 68.4 cm³/mol. The van der Waals surface area contributed by atoms with E-state index in [1.54, 1.807) is 0 Å². The van der Waals surface area contributed by atoms with E-state index in [9.17, 15) is 5.21 Å². The molecule has 17 heavy (non-hydrogen) atoms. The third kappa shape index (κ3) is 1.88. The van der Waals surface area contributed by atoms with Crippen LogP contribution in [0.15, 0.2) is 5.16 Å². The molecule has 0 amide bonds. The summed E-state index contributed by atoms with van der Waals surface area (Å²) in [6, 6.07) is 0.462. The summed E-state index contributed by atoms with van der Waals surface area (Å²) >= 11 is 0. The van der Waals surface area contributed by atoms with E-state index in [0.29, 0.717) is 12.0 Å². The van der Waals surface area contributed by atoms with Gasteiger partial charge >= 0.3 is 0 Å². The number of rotatable bonds is 1. The lowest BCUT2D eigenvalue weighted by Crippen LogP contribution is -2.50. The SMILES string of the molecule is C[C@@H]1C[C@@H](C)CN([C@@H]2/C(=N\O)[C@H]3CC[C@H]2C3)C1. The summed E-state index contributed by atoms with van der Waals surface area (Å²) < 4.78 is 0. The van der Waals surface area contributed by atoms with Crippen LogP contribution in [0.4, 0.5) is 0 Å². The summed E-state index contributed by atoms with van der Waals surface area (Å²) in [5.74, 6) is 2.93. The third-order valence-corrected chi connectivity index (χ3v) is 5.05. The number of fused-ring (bicyclic) bond motifs is 2. The second-order valence-electron chi connectivity index (χ2n) is 6.64. The van der Waals surface area contributed by atoms with Gasteiger partial charge in [-0.1, -0.05) is 19.0 Å². The molecule has 5 atom stereocenters. The zero-order valence-corrected chi connectivity index (χ0v) is 11.0. The van der Waals surface area contributed by atoms with Crippen molar-refractivity contribution in [3.63, 3.8) is 0 Å². The molecule has 0 spiro atoms. The fourth-order valence-corrected chi connectivity index (χ4v) is 4.62. The van der Waals surface area contributed by atoms with Gasteiger partial charge in [0.05, 0.1) is 11.8 Å². The lowest BCUT2D eigenvalue weighted by atomic mass is 9.86. The van der Waals surface area contributed by atoms with Crippen LogP contribution in [0.2, 0.25) is 0 Å². The first-order valence-electron chi connectivity index (χ1n) is 7.15. The van der Waals surface area contributed by atoms with Gasteiger partial charge in [0, 0.05) is 19.0 Å². The average Bonchev–Trinajstić information content (AvgIpc) is 2.86. The highest BCUT2D eigenvalue weighted by atomic mass is 16.4. The van der Waals surface area contributed by atoms with Crippen molar-refractivity contribution in [1.82, 2.24) is 4.90 Å². The van der Waals surface area contributed by atoms with E-state index in [2.05, 4.69) is 23.9 Å². The van der Waals surface area contributed by atoms with Crippen LogP contribution < -0.4 is 0 Å². The van der Waals surface area contributed by atoms with Gasteiger partial charge in [-0.15, -0.1) is 0 Å². The molecule has 2 aliphatic carbocycles. The van der Waals surface area contributed by atoms with Crippen molar-refractivity contribution < 1.29 is 5.21 Å². The second kappa shape index (κ2) is 4.27. The molecule has 1 heterocycles. The number of hydrogen-bond donors (Lipinski definition) is 1. The highest BCUT2D eigenvalue weighted by Gasteiger charge is 2.48. The monoisotopic (exact) mass is 236 g/mol. The van der Waals surface area contributed by atoms with Gasteiger partial charge in [0.25, 0.3) is 0 Å². The molecule has 2 bridgehead atoms. The molecule has 0 aromatic rings. The van der Waals surface area contributed by atoms with Crippen molar-refractivity contribution >= 4 is 5.71 Å². The molecule has 3 heteroatoms. The number of piperidine rings is 1. The van der Waals surface area contributed by atoms with Crippen molar-refractivity contribution in [3.05, 3.63) is 0 Å². The van der Waals surface area contributed by atoms with Gasteiger partial charge in [0.2, 0.25) is 0 Å². The van der Waals surface area contributed by atoms with E-state index < -0.39 is 0 Å². The maximum Gasteiger partial charge on any atom is 0.0775 e. The quantitative estimate of drug-likeness (QED) is 0.561. The molecule has 96 valence electrons. The van der Waals surface area contributed by atoms with Crippen molar-refractivity contribution in [2.45, 2.75) is 45.6 Å². The third-order valence-electron chi connectivity index (χ3n) is 5.05. The molecule has 1 N–H and O–H groups in total. The molecular weight excluding hydrogens is 212 g/mol. The smallest absolute Gasteiger partial charge is 0.0775 e. The Balaban J connectivity index is 1.79.